The lowest BCUT2D eigenvalue weighted by Crippen LogP contribution is -2.11. The maximum absolute atomic E-state index is 6.16. The molecule has 3 heteroatoms. The fourth-order valence-corrected chi connectivity index (χ4v) is 4.20. The Labute approximate surface area is 185 Å². The van der Waals surface area contributed by atoms with E-state index in [0.717, 1.165) is 29.2 Å². The van der Waals surface area contributed by atoms with Crippen molar-refractivity contribution in [3.8, 4) is 5.75 Å². The zero-order valence-corrected chi connectivity index (χ0v) is 19.5. The van der Waals surface area contributed by atoms with Crippen LogP contribution in [0, 0.1) is 27.7 Å². The fraction of sp³-hybridized carbons (Fsp3) is 0.321. The summed E-state index contributed by atoms with van der Waals surface area (Å²) >= 11 is 0. The number of rotatable bonds is 6. The molecule has 3 nitrogen and oxygen atoms in total. The van der Waals surface area contributed by atoms with Crippen molar-refractivity contribution in [2.24, 2.45) is 0 Å². The van der Waals surface area contributed by atoms with Gasteiger partial charge in [0.15, 0.2) is 0 Å². The first-order valence-electron chi connectivity index (χ1n) is 11.1. The highest BCUT2D eigenvalue weighted by Crippen LogP contribution is 2.26. The summed E-state index contributed by atoms with van der Waals surface area (Å²) in [4.78, 5) is 4.91. The van der Waals surface area contributed by atoms with Crippen molar-refractivity contribution in [1.82, 2.24) is 9.55 Å². The van der Waals surface area contributed by atoms with Gasteiger partial charge in [0.2, 0.25) is 0 Å². The van der Waals surface area contributed by atoms with E-state index in [0.29, 0.717) is 12.5 Å². The molecule has 0 saturated heterocycles. The number of ether oxygens (including phenoxy) is 1. The number of imidazole rings is 1. The Bertz CT molecular complexity index is 1190. The maximum Gasteiger partial charge on any atom is 0.148 e. The van der Waals surface area contributed by atoms with E-state index < -0.39 is 0 Å². The lowest BCUT2D eigenvalue weighted by molar-refractivity contribution is 0.291. The zero-order valence-electron chi connectivity index (χ0n) is 19.5. The van der Waals surface area contributed by atoms with Crippen molar-refractivity contribution in [1.29, 1.82) is 0 Å². The fourth-order valence-electron chi connectivity index (χ4n) is 4.20. The van der Waals surface area contributed by atoms with Gasteiger partial charge in [0.25, 0.3) is 0 Å². The number of para-hydroxylation sites is 2. The number of hydrogen-bond acceptors (Lipinski definition) is 2. The van der Waals surface area contributed by atoms with Gasteiger partial charge in [0.05, 0.1) is 17.6 Å². The summed E-state index contributed by atoms with van der Waals surface area (Å²) in [6.07, 6.45) is 0. The largest absolute Gasteiger partial charge is 0.486 e. The first-order valence-corrected chi connectivity index (χ1v) is 11.1. The Morgan fingerprint density at radius 2 is 1.52 bits per heavy atom. The summed E-state index contributed by atoms with van der Waals surface area (Å²) in [7, 11) is 0. The molecule has 0 aliphatic rings. The van der Waals surface area contributed by atoms with Crippen LogP contribution in [0.4, 0.5) is 0 Å². The molecule has 0 atom stereocenters. The van der Waals surface area contributed by atoms with Gasteiger partial charge in [-0.1, -0.05) is 44.2 Å². The molecule has 0 saturated carbocycles. The molecule has 0 aliphatic heterocycles. The molecule has 1 heterocycles. The number of aryl methyl sites for hydroxylation is 2. The SMILES string of the molecule is Cc1cc(C)c(C)c(Cn2c(COc3ccc(C(C)C)cc3)nc3ccccc32)c1C. The Kier molecular flexibility index (Phi) is 5.86. The van der Waals surface area contributed by atoms with Gasteiger partial charge in [0.1, 0.15) is 18.2 Å². The van der Waals surface area contributed by atoms with Crippen LogP contribution in [0.2, 0.25) is 0 Å². The molecular formula is C28H32N2O. The van der Waals surface area contributed by atoms with Crippen molar-refractivity contribution in [2.75, 3.05) is 0 Å². The van der Waals surface area contributed by atoms with E-state index in [9.17, 15) is 0 Å². The number of benzene rings is 3. The quantitative estimate of drug-likeness (QED) is 0.340. The van der Waals surface area contributed by atoms with Gasteiger partial charge in [-0.05, 0) is 91.3 Å². The topological polar surface area (TPSA) is 27.1 Å². The summed E-state index contributed by atoms with van der Waals surface area (Å²) in [5.74, 6) is 2.34. The summed E-state index contributed by atoms with van der Waals surface area (Å²) < 4.78 is 8.47. The second kappa shape index (κ2) is 8.58. The molecular weight excluding hydrogens is 380 g/mol. The van der Waals surface area contributed by atoms with Crippen LogP contribution in [0.15, 0.2) is 54.6 Å². The van der Waals surface area contributed by atoms with Gasteiger partial charge < -0.3 is 9.30 Å². The predicted molar refractivity (Wildman–Crippen MR) is 129 cm³/mol. The smallest absolute Gasteiger partial charge is 0.148 e. The van der Waals surface area contributed by atoms with Crippen LogP contribution in [0.5, 0.6) is 5.75 Å². The Hall–Kier alpha value is -3.07. The molecule has 0 aliphatic carbocycles. The lowest BCUT2D eigenvalue weighted by Gasteiger charge is -2.18. The van der Waals surface area contributed by atoms with Gasteiger partial charge in [-0.3, -0.25) is 0 Å². The van der Waals surface area contributed by atoms with Crippen LogP contribution < -0.4 is 4.74 Å². The summed E-state index contributed by atoms with van der Waals surface area (Å²) in [5, 5.41) is 0. The van der Waals surface area contributed by atoms with Gasteiger partial charge in [0, 0.05) is 0 Å². The minimum atomic E-state index is 0.443. The molecule has 160 valence electrons. The first-order chi connectivity index (χ1) is 14.8. The van der Waals surface area contributed by atoms with E-state index in [1.165, 1.54) is 33.4 Å². The molecule has 0 amide bonds. The van der Waals surface area contributed by atoms with Crippen LogP contribution in [0.1, 0.15) is 59.0 Å². The van der Waals surface area contributed by atoms with Crippen LogP contribution in [0.25, 0.3) is 11.0 Å². The van der Waals surface area contributed by atoms with E-state index in [2.05, 4.69) is 94.6 Å². The summed E-state index contributed by atoms with van der Waals surface area (Å²) in [6.45, 7) is 14.5. The molecule has 4 rings (SSSR count). The first kappa shape index (κ1) is 21.2. The van der Waals surface area contributed by atoms with Crippen molar-refractivity contribution in [3.63, 3.8) is 0 Å². The zero-order chi connectivity index (χ0) is 22.1. The van der Waals surface area contributed by atoms with Gasteiger partial charge in [-0.2, -0.15) is 0 Å². The predicted octanol–water partition coefficient (Wildman–Crippen LogP) is 7.02. The Morgan fingerprint density at radius 3 is 2.16 bits per heavy atom. The number of fused-ring (bicyclic) bond motifs is 1. The summed E-state index contributed by atoms with van der Waals surface area (Å²) in [5.41, 5.74) is 10.2. The maximum atomic E-state index is 6.16. The third kappa shape index (κ3) is 4.23. The average molecular weight is 413 g/mol. The Morgan fingerprint density at radius 1 is 0.871 bits per heavy atom. The van der Waals surface area contributed by atoms with Gasteiger partial charge in [-0.25, -0.2) is 4.98 Å². The van der Waals surface area contributed by atoms with Crippen LogP contribution in [-0.4, -0.2) is 9.55 Å². The van der Waals surface area contributed by atoms with E-state index in [4.69, 9.17) is 9.72 Å². The van der Waals surface area contributed by atoms with Gasteiger partial charge in [-0.15, -0.1) is 0 Å². The van der Waals surface area contributed by atoms with Crippen LogP contribution in [0.3, 0.4) is 0 Å². The monoisotopic (exact) mass is 412 g/mol. The molecule has 0 fully saturated rings. The highest BCUT2D eigenvalue weighted by atomic mass is 16.5. The third-order valence-electron chi connectivity index (χ3n) is 6.49. The van der Waals surface area contributed by atoms with E-state index in [-0.39, 0.29) is 0 Å². The van der Waals surface area contributed by atoms with Crippen molar-refractivity contribution < 1.29 is 4.74 Å². The minimum absolute atomic E-state index is 0.443. The second-order valence-electron chi connectivity index (χ2n) is 8.85. The summed E-state index contributed by atoms with van der Waals surface area (Å²) in [6, 6.07) is 19.0. The number of nitrogens with zero attached hydrogens (tertiary/aromatic N) is 2. The van der Waals surface area contributed by atoms with E-state index in [1.807, 2.05) is 6.07 Å². The van der Waals surface area contributed by atoms with Gasteiger partial charge >= 0.3 is 0 Å². The lowest BCUT2D eigenvalue weighted by atomic mass is 9.94. The normalized spacial score (nSPS) is 11.5. The highest BCUT2D eigenvalue weighted by molar-refractivity contribution is 5.76. The van der Waals surface area contributed by atoms with Crippen LogP contribution in [-0.2, 0) is 13.2 Å². The molecule has 4 aromatic rings. The molecule has 3 aromatic carbocycles. The average Bonchev–Trinajstić information content (AvgIpc) is 3.11. The minimum Gasteiger partial charge on any atom is -0.486 e. The molecule has 1 aromatic heterocycles. The molecule has 0 N–H and O–H groups in total. The number of aromatic nitrogens is 2. The standard InChI is InChI=1S/C28H32N2O/c1-18(2)23-11-13-24(14-12-23)31-17-28-29-26-9-7-8-10-27(26)30(28)16-25-21(5)19(3)15-20(4)22(25)6/h7-15,18H,16-17H2,1-6H3. The second-order valence-corrected chi connectivity index (χ2v) is 8.85. The molecule has 0 radical (unpaired) electrons. The van der Waals surface area contributed by atoms with E-state index >= 15 is 0 Å². The highest BCUT2D eigenvalue weighted by Gasteiger charge is 2.15. The van der Waals surface area contributed by atoms with Crippen molar-refractivity contribution in [2.45, 2.75) is 60.6 Å². The number of hydrogen-bond donors (Lipinski definition) is 0. The molecule has 0 bridgehead atoms. The van der Waals surface area contributed by atoms with Crippen LogP contribution >= 0.6 is 0 Å². The molecule has 0 spiro atoms. The Balaban J connectivity index is 1.68. The molecule has 31 heavy (non-hydrogen) atoms. The van der Waals surface area contributed by atoms with Crippen molar-refractivity contribution in [3.05, 3.63) is 93.8 Å². The van der Waals surface area contributed by atoms with E-state index in [1.54, 1.807) is 0 Å². The molecule has 0 unspecified atom stereocenters. The van der Waals surface area contributed by atoms with Crippen molar-refractivity contribution >= 4 is 11.0 Å². The third-order valence-corrected chi connectivity index (χ3v) is 6.49.